The average Bonchev–Trinajstić information content (AvgIpc) is 2.63. The van der Waals surface area contributed by atoms with Gasteiger partial charge >= 0.3 is 0 Å². The summed E-state index contributed by atoms with van der Waals surface area (Å²) in [7, 11) is 0. The molecule has 14 heavy (non-hydrogen) atoms. The van der Waals surface area contributed by atoms with Crippen LogP contribution in [0.15, 0.2) is 15.2 Å². The van der Waals surface area contributed by atoms with Crippen LogP contribution >= 0.6 is 27.3 Å². The summed E-state index contributed by atoms with van der Waals surface area (Å²) in [5.74, 6) is 0. The third kappa shape index (κ3) is 2.17. The Hall–Kier alpha value is 0.0600. The number of likely N-dealkylation sites (tertiary alicyclic amines) is 1. The van der Waals surface area contributed by atoms with E-state index in [0.29, 0.717) is 13.1 Å². The van der Waals surface area contributed by atoms with E-state index in [1.807, 2.05) is 5.38 Å². The maximum Gasteiger partial charge on any atom is 0.0938 e. The van der Waals surface area contributed by atoms with Crippen molar-refractivity contribution in [2.45, 2.75) is 18.8 Å². The summed E-state index contributed by atoms with van der Waals surface area (Å²) in [6, 6.07) is 2.06. The molecule has 1 aromatic heterocycles. The monoisotopic (exact) mass is 277 g/mol. The third-order valence-electron chi connectivity index (χ3n) is 2.42. The van der Waals surface area contributed by atoms with Crippen LogP contribution < -0.4 is 0 Å². The van der Waals surface area contributed by atoms with Gasteiger partial charge in [0.25, 0.3) is 0 Å². The molecule has 0 amide bonds. The van der Waals surface area contributed by atoms with Gasteiger partial charge in [-0.3, -0.25) is 4.90 Å². The van der Waals surface area contributed by atoms with Crippen LogP contribution in [0.5, 0.6) is 0 Å². The molecule has 1 fully saturated rings. The van der Waals surface area contributed by atoms with Gasteiger partial charge in [0.2, 0.25) is 0 Å². The van der Waals surface area contributed by atoms with Crippen molar-refractivity contribution in [1.29, 1.82) is 0 Å². The first-order valence-corrected chi connectivity index (χ1v) is 6.14. The lowest BCUT2D eigenvalue weighted by Crippen LogP contribution is -2.22. The fraction of sp³-hybridized carbons (Fsp3) is 0.556. The van der Waals surface area contributed by atoms with Crippen LogP contribution in [0.1, 0.15) is 5.56 Å². The number of thiophene rings is 1. The molecule has 78 valence electrons. The van der Waals surface area contributed by atoms with Gasteiger partial charge in [-0.15, -0.1) is 11.3 Å². The fourth-order valence-electron chi connectivity index (χ4n) is 1.65. The Morgan fingerprint density at radius 1 is 1.43 bits per heavy atom. The molecule has 0 aliphatic carbocycles. The predicted octanol–water partition coefficient (Wildman–Crippen LogP) is 1.05. The summed E-state index contributed by atoms with van der Waals surface area (Å²) in [5, 5.41) is 20.8. The van der Waals surface area contributed by atoms with Crippen LogP contribution in [0.4, 0.5) is 0 Å². The molecule has 1 aliphatic heterocycles. The zero-order valence-electron chi connectivity index (χ0n) is 7.56. The minimum atomic E-state index is -0.590. The van der Waals surface area contributed by atoms with Gasteiger partial charge < -0.3 is 10.2 Å². The molecule has 0 aromatic carbocycles. The van der Waals surface area contributed by atoms with Crippen molar-refractivity contribution in [2.75, 3.05) is 13.1 Å². The number of halogens is 1. The summed E-state index contributed by atoms with van der Waals surface area (Å²) < 4.78 is 1.13. The first kappa shape index (κ1) is 10.6. The molecule has 0 radical (unpaired) electrons. The summed E-state index contributed by atoms with van der Waals surface area (Å²) in [5.41, 5.74) is 1.22. The van der Waals surface area contributed by atoms with Crippen LogP contribution in [0.25, 0.3) is 0 Å². The standard InChI is InChI=1S/C9H12BrNO2S/c10-9-6(1-2-14-9)3-11-4-7(12)8(13)5-11/h1-2,7-8,12-13H,3-5H2. The lowest BCUT2D eigenvalue weighted by Gasteiger charge is -2.13. The normalized spacial score (nSPS) is 28.5. The Labute approximate surface area is 95.1 Å². The molecule has 3 nitrogen and oxygen atoms in total. The minimum Gasteiger partial charge on any atom is -0.389 e. The smallest absolute Gasteiger partial charge is 0.0938 e. The summed E-state index contributed by atoms with van der Waals surface area (Å²) in [6.07, 6.45) is -1.18. The highest BCUT2D eigenvalue weighted by Crippen LogP contribution is 2.25. The highest BCUT2D eigenvalue weighted by Gasteiger charge is 2.29. The Morgan fingerprint density at radius 3 is 2.57 bits per heavy atom. The average molecular weight is 278 g/mol. The Kier molecular flexibility index (Phi) is 3.23. The van der Waals surface area contributed by atoms with Crippen molar-refractivity contribution < 1.29 is 10.2 Å². The van der Waals surface area contributed by atoms with E-state index in [0.717, 1.165) is 10.3 Å². The second kappa shape index (κ2) is 4.28. The number of hydrogen-bond acceptors (Lipinski definition) is 4. The molecule has 1 saturated heterocycles. The molecule has 5 heteroatoms. The highest BCUT2D eigenvalue weighted by molar-refractivity contribution is 9.11. The van der Waals surface area contributed by atoms with Gasteiger partial charge in [0, 0.05) is 19.6 Å². The van der Waals surface area contributed by atoms with Gasteiger partial charge in [-0.05, 0) is 32.9 Å². The molecule has 2 atom stereocenters. The van der Waals surface area contributed by atoms with Gasteiger partial charge in [-0.1, -0.05) is 0 Å². The maximum absolute atomic E-state index is 9.37. The van der Waals surface area contributed by atoms with E-state index in [-0.39, 0.29) is 0 Å². The first-order valence-electron chi connectivity index (χ1n) is 4.47. The third-order valence-corrected chi connectivity index (χ3v) is 4.23. The van der Waals surface area contributed by atoms with E-state index in [4.69, 9.17) is 0 Å². The molecular formula is C9H12BrNO2S. The van der Waals surface area contributed by atoms with Gasteiger partial charge in [-0.25, -0.2) is 0 Å². The highest BCUT2D eigenvalue weighted by atomic mass is 79.9. The van der Waals surface area contributed by atoms with Crippen LogP contribution in [0.3, 0.4) is 0 Å². The molecule has 1 aliphatic rings. The molecule has 2 unspecified atom stereocenters. The van der Waals surface area contributed by atoms with Crippen LogP contribution in [-0.2, 0) is 6.54 Å². The Bertz CT molecular complexity index is 308. The molecule has 2 rings (SSSR count). The quantitative estimate of drug-likeness (QED) is 0.850. The van der Waals surface area contributed by atoms with Crippen LogP contribution in [0.2, 0.25) is 0 Å². The van der Waals surface area contributed by atoms with Crippen molar-refractivity contribution >= 4 is 27.3 Å². The second-order valence-electron chi connectivity index (χ2n) is 3.55. The Balaban J connectivity index is 1.97. The van der Waals surface area contributed by atoms with Crippen LogP contribution in [0, 0.1) is 0 Å². The van der Waals surface area contributed by atoms with Gasteiger partial charge in [-0.2, -0.15) is 0 Å². The number of hydrogen-bond donors (Lipinski definition) is 2. The first-order chi connectivity index (χ1) is 6.66. The summed E-state index contributed by atoms with van der Waals surface area (Å²) in [6.45, 7) is 1.91. The molecule has 0 saturated carbocycles. The largest absolute Gasteiger partial charge is 0.389 e. The fourth-order valence-corrected chi connectivity index (χ4v) is 2.87. The minimum absolute atomic E-state index is 0.559. The van der Waals surface area contributed by atoms with Gasteiger partial charge in [0.1, 0.15) is 0 Å². The number of aliphatic hydroxyl groups excluding tert-OH is 2. The van der Waals surface area contributed by atoms with Crippen molar-refractivity contribution in [1.82, 2.24) is 4.90 Å². The zero-order chi connectivity index (χ0) is 10.1. The zero-order valence-corrected chi connectivity index (χ0v) is 9.96. The van der Waals surface area contributed by atoms with E-state index in [1.54, 1.807) is 11.3 Å². The van der Waals surface area contributed by atoms with E-state index in [1.165, 1.54) is 5.56 Å². The molecular weight excluding hydrogens is 266 g/mol. The number of aliphatic hydroxyl groups is 2. The Morgan fingerprint density at radius 2 is 2.07 bits per heavy atom. The number of nitrogens with zero attached hydrogens (tertiary/aromatic N) is 1. The lowest BCUT2D eigenvalue weighted by molar-refractivity contribution is 0.0572. The van der Waals surface area contributed by atoms with Crippen molar-refractivity contribution in [2.24, 2.45) is 0 Å². The van der Waals surface area contributed by atoms with E-state index < -0.39 is 12.2 Å². The topological polar surface area (TPSA) is 43.7 Å². The maximum atomic E-state index is 9.37. The number of rotatable bonds is 2. The molecule has 2 heterocycles. The molecule has 0 bridgehead atoms. The van der Waals surface area contributed by atoms with Crippen LogP contribution in [-0.4, -0.2) is 40.4 Å². The molecule has 1 aromatic rings. The predicted molar refractivity (Wildman–Crippen MR) is 59.3 cm³/mol. The molecule has 2 N–H and O–H groups in total. The molecule has 0 spiro atoms. The van der Waals surface area contributed by atoms with E-state index in [2.05, 4.69) is 26.9 Å². The lowest BCUT2D eigenvalue weighted by atomic mass is 10.3. The van der Waals surface area contributed by atoms with E-state index >= 15 is 0 Å². The second-order valence-corrected chi connectivity index (χ2v) is 5.78. The summed E-state index contributed by atoms with van der Waals surface area (Å²) in [4.78, 5) is 2.06. The SMILES string of the molecule is OC1CN(Cc2ccsc2Br)CC1O. The summed E-state index contributed by atoms with van der Waals surface area (Å²) >= 11 is 5.13. The van der Waals surface area contributed by atoms with Crippen molar-refractivity contribution in [3.8, 4) is 0 Å². The van der Waals surface area contributed by atoms with Gasteiger partial charge in [0.05, 0.1) is 16.0 Å². The number of β-amino-alcohol motifs (C(OH)–C–C–N with tert-alkyl or cyclic N) is 2. The van der Waals surface area contributed by atoms with Crippen molar-refractivity contribution in [3.05, 3.63) is 20.8 Å². The van der Waals surface area contributed by atoms with E-state index in [9.17, 15) is 10.2 Å². The van der Waals surface area contributed by atoms with Crippen molar-refractivity contribution in [3.63, 3.8) is 0 Å². The van der Waals surface area contributed by atoms with Gasteiger partial charge in [0.15, 0.2) is 0 Å².